The summed E-state index contributed by atoms with van der Waals surface area (Å²) in [5, 5.41) is 2.85. The van der Waals surface area contributed by atoms with Crippen molar-refractivity contribution in [2.24, 2.45) is 5.92 Å². The molecule has 0 aliphatic carbocycles. The highest BCUT2D eigenvalue weighted by Crippen LogP contribution is 2.11. The van der Waals surface area contributed by atoms with Gasteiger partial charge in [-0.25, -0.2) is 0 Å². The van der Waals surface area contributed by atoms with E-state index >= 15 is 0 Å². The van der Waals surface area contributed by atoms with Crippen LogP contribution in [0.2, 0.25) is 0 Å². The van der Waals surface area contributed by atoms with E-state index in [1.807, 2.05) is 45.0 Å². The molecular weight excluding hydrogens is 226 g/mol. The number of Topliss-reactive ketones (excluding diaryl/α,β-unsaturated/α-hetero) is 1. The average molecular weight is 247 g/mol. The molecule has 1 N–H and O–H groups in total. The van der Waals surface area contributed by atoms with E-state index in [0.29, 0.717) is 18.5 Å². The Kier molecular flexibility index (Phi) is 5.56. The summed E-state index contributed by atoms with van der Waals surface area (Å²) >= 11 is 0. The molecule has 0 radical (unpaired) electrons. The van der Waals surface area contributed by atoms with Crippen molar-refractivity contribution in [1.82, 2.24) is 5.32 Å². The highest BCUT2D eigenvalue weighted by atomic mass is 16.1. The number of carbonyl (C=O) groups is 2. The van der Waals surface area contributed by atoms with Crippen LogP contribution in [0.1, 0.15) is 49.5 Å². The number of amides is 1. The molecule has 0 aromatic heterocycles. The summed E-state index contributed by atoms with van der Waals surface area (Å²) in [4.78, 5) is 23.2. The largest absolute Gasteiger partial charge is 0.352 e. The van der Waals surface area contributed by atoms with Crippen LogP contribution in [-0.4, -0.2) is 11.7 Å². The first-order chi connectivity index (χ1) is 8.54. The fourth-order valence-corrected chi connectivity index (χ4v) is 1.68. The zero-order valence-electron chi connectivity index (χ0n) is 11.3. The molecular formula is C15H21NO2. The van der Waals surface area contributed by atoms with E-state index in [2.05, 4.69) is 5.32 Å². The van der Waals surface area contributed by atoms with Crippen molar-refractivity contribution in [2.75, 3.05) is 0 Å². The van der Waals surface area contributed by atoms with E-state index in [1.54, 1.807) is 0 Å². The molecule has 18 heavy (non-hydrogen) atoms. The highest BCUT2D eigenvalue weighted by Gasteiger charge is 2.10. The number of ketones is 1. The summed E-state index contributed by atoms with van der Waals surface area (Å²) in [6.45, 7) is 6.23. The Bertz CT molecular complexity index is 424. The van der Waals surface area contributed by atoms with Gasteiger partial charge in [-0.05, 0) is 18.1 Å². The van der Waals surface area contributed by atoms with Crippen LogP contribution in [0, 0.1) is 5.92 Å². The lowest BCUT2D eigenvalue weighted by Crippen LogP contribution is -2.22. The zero-order chi connectivity index (χ0) is 13.5. The molecule has 3 nitrogen and oxygen atoms in total. The minimum absolute atomic E-state index is 0.00469. The van der Waals surface area contributed by atoms with Gasteiger partial charge in [-0.1, -0.05) is 39.0 Å². The molecule has 0 aliphatic heterocycles. The first-order valence-corrected chi connectivity index (χ1v) is 6.44. The number of rotatable bonds is 6. The molecule has 1 amide bonds. The number of nitrogens with one attached hydrogen (secondary N) is 1. The molecule has 0 spiro atoms. The first-order valence-electron chi connectivity index (χ1n) is 6.44. The molecule has 1 aromatic carbocycles. The van der Waals surface area contributed by atoms with E-state index in [-0.39, 0.29) is 17.6 Å². The van der Waals surface area contributed by atoms with Crippen molar-refractivity contribution in [3.8, 4) is 0 Å². The summed E-state index contributed by atoms with van der Waals surface area (Å²) in [6, 6.07) is 7.45. The third kappa shape index (κ3) is 4.32. The van der Waals surface area contributed by atoms with Crippen LogP contribution >= 0.6 is 0 Å². The lowest BCUT2D eigenvalue weighted by molar-refractivity contribution is -0.121. The predicted octanol–water partition coefficient (Wildman–Crippen LogP) is 2.94. The number of hydrogen-bond acceptors (Lipinski definition) is 2. The van der Waals surface area contributed by atoms with Gasteiger partial charge in [0, 0.05) is 24.4 Å². The van der Waals surface area contributed by atoms with Crippen LogP contribution in [0.25, 0.3) is 0 Å². The van der Waals surface area contributed by atoms with E-state index in [0.717, 1.165) is 12.0 Å². The van der Waals surface area contributed by atoms with Crippen LogP contribution in [0.4, 0.5) is 0 Å². The van der Waals surface area contributed by atoms with Crippen molar-refractivity contribution < 1.29 is 9.59 Å². The summed E-state index contributed by atoms with van der Waals surface area (Å²) in [6.07, 6.45) is 1.39. The minimum atomic E-state index is -0.00469. The van der Waals surface area contributed by atoms with Crippen LogP contribution in [-0.2, 0) is 11.3 Å². The monoisotopic (exact) mass is 247 g/mol. The standard InChI is InChI=1S/C15H21NO2/c1-4-6-14(17)16-10-12-7-5-8-13(9-12)15(18)11(2)3/h5,7-9,11H,4,6,10H2,1-3H3,(H,16,17). The fourth-order valence-electron chi connectivity index (χ4n) is 1.68. The maximum absolute atomic E-state index is 11.8. The average Bonchev–Trinajstić information content (AvgIpc) is 2.36. The predicted molar refractivity (Wildman–Crippen MR) is 72.4 cm³/mol. The normalized spacial score (nSPS) is 10.4. The van der Waals surface area contributed by atoms with Crippen molar-refractivity contribution in [1.29, 1.82) is 0 Å². The smallest absolute Gasteiger partial charge is 0.220 e. The van der Waals surface area contributed by atoms with Gasteiger partial charge in [0.25, 0.3) is 0 Å². The third-order valence-electron chi connectivity index (χ3n) is 2.70. The van der Waals surface area contributed by atoms with Crippen LogP contribution in [0.15, 0.2) is 24.3 Å². The molecule has 0 saturated carbocycles. The van der Waals surface area contributed by atoms with Gasteiger partial charge in [0.2, 0.25) is 5.91 Å². The van der Waals surface area contributed by atoms with Crippen LogP contribution < -0.4 is 5.32 Å². The number of carbonyl (C=O) groups excluding carboxylic acids is 2. The lowest BCUT2D eigenvalue weighted by Gasteiger charge is -2.08. The van der Waals surface area contributed by atoms with Gasteiger partial charge in [-0.3, -0.25) is 9.59 Å². The van der Waals surface area contributed by atoms with Crippen molar-refractivity contribution >= 4 is 11.7 Å². The fraction of sp³-hybridized carbons (Fsp3) is 0.467. The van der Waals surface area contributed by atoms with Gasteiger partial charge in [0.1, 0.15) is 0 Å². The Morgan fingerprint density at radius 3 is 2.61 bits per heavy atom. The zero-order valence-corrected chi connectivity index (χ0v) is 11.3. The molecule has 0 aliphatic rings. The summed E-state index contributed by atoms with van der Waals surface area (Å²) in [5.41, 5.74) is 1.68. The van der Waals surface area contributed by atoms with E-state index < -0.39 is 0 Å². The van der Waals surface area contributed by atoms with E-state index in [9.17, 15) is 9.59 Å². The summed E-state index contributed by atoms with van der Waals surface area (Å²) in [7, 11) is 0. The van der Waals surface area contributed by atoms with E-state index in [4.69, 9.17) is 0 Å². The second kappa shape index (κ2) is 6.94. The Hall–Kier alpha value is -1.64. The van der Waals surface area contributed by atoms with Gasteiger partial charge in [0.15, 0.2) is 5.78 Å². The molecule has 0 bridgehead atoms. The van der Waals surface area contributed by atoms with Crippen LogP contribution in [0.3, 0.4) is 0 Å². The quantitative estimate of drug-likeness (QED) is 0.786. The summed E-state index contributed by atoms with van der Waals surface area (Å²) < 4.78 is 0. The number of hydrogen-bond donors (Lipinski definition) is 1. The molecule has 0 atom stereocenters. The molecule has 1 rings (SSSR count). The molecule has 3 heteroatoms. The first kappa shape index (κ1) is 14.4. The molecule has 0 fully saturated rings. The maximum Gasteiger partial charge on any atom is 0.220 e. The Morgan fingerprint density at radius 1 is 1.28 bits per heavy atom. The molecule has 98 valence electrons. The molecule has 0 saturated heterocycles. The maximum atomic E-state index is 11.8. The SMILES string of the molecule is CCCC(=O)NCc1cccc(C(=O)C(C)C)c1. The summed E-state index contributed by atoms with van der Waals surface area (Å²) in [5.74, 6) is 0.185. The molecule has 0 unspecified atom stereocenters. The van der Waals surface area contributed by atoms with Gasteiger partial charge < -0.3 is 5.32 Å². The minimum Gasteiger partial charge on any atom is -0.352 e. The Balaban J connectivity index is 2.65. The third-order valence-corrected chi connectivity index (χ3v) is 2.70. The van der Waals surface area contributed by atoms with Crippen molar-refractivity contribution in [2.45, 2.75) is 40.2 Å². The van der Waals surface area contributed by atoms with Gasteiger partial charge in [-0.15, -0.1) is 0 Å². The number of benzene rings is 1. The second-order valence-electron chi connectivity index (χ2n) is 4.75. The van der Waals surface area contributed by atoms with Crippen molar-refractivity contribution in [3.05, 3.63) is 35.4 Å². The second-order valence-corrected chi connectivity index (χ2v) is 4.75. The Morgan fingerprint density at radius 2 is 2.00 bits per heavy atom. The topological polar surface area (TPSA) is 46.2 Å². The molecule has 1 aromatic rings. The Labute approximate surface area is 109 Å². The van der Waals surface area contributed by atoms with E-state index in [1.165, 1.54) is 0 Å². The van der Waals surface area contributed by atoms with Crippen LogP contribution in [0.5, 0.6) is 0 Å². The van der Waals surface area contributed by atoms with Gasteiger partial charge in [-0.2, -0.15) is 0 Å². The van der Waals surface area contributed by atoms with Gasteiger partial charge >= 0.3 is 0 Å². The highest BCUT2D eigenvalue weighted by molar-refractivity contribution is 5.97. The van der Waals surface area contributed by atoms with Gasteiger partial charge in [0.05, 0.1) is 0 Å². The van der Waals surface area contributed by atoms with Crippen molar-refractivity contribution in [3.63, 3.8) is 0 Å². The molecule has 0 heterocycles. The lowest BCUT2D eigenvalue weighted by atomic mass is 9.99.